The summed E-state index contributed by atoms with van der Waals surface area (Å²) in [5.41, 5.74) is 0.614. The quantitative estimate of drug-likeness (QED) is 0.401. The maximum atomic E-state index is 13.2. The van der Waals surface area contributed by atoms with Gasteiger partial charge in [-0.25, -0.2) is 4.79 Å². The van der Waals surface area contributed by atoms with Crippen molar-refractivity contribution in [1.82, 2.24) is 0 Å². The molecule has 3 aliphatic rings. The van der Waals surface area contributed by atoms with Gasteiger partial charge < -0.3 is 9.47 Å². The molecule has 1 unspecified atom stereocenters. The summed E-state index contributed by atoms with van der Waals surface area (Å²) in [4.78, 5) is 38.6. The summed E-state index contributed by atoms with van der Waals surface area (Å²) >= 11 is 0. The first-order chi connectivity index (χ1) is 15.2. The van der Waals surface area contributed by atoms with E-state index in [1.165, 1.54) is 18.4 Å². The second-order valence-corrected chi connectivity index (χ2v) is 9.09. The van der Waals surface area contributed by atoms with Gasteiger partial charge in [0.15, 0.2) is 11.4 Å². The third-order valence-corrected chi connectivity index (χ3v) is 6.21. The number of carbonyl (C=O) groups excluding carboxylic acids is 3. The Morgan fingerprint density at radius 1 is 1.03 bits per heavy atom. The van der Waals surface area contributed by atoms with Crippen LogP contribution in [0.15, 0.2) is 89.2 Å². The fraction of sp³-hybridized carbons (Fsp3) is 0.222. The van der Waals surface area contributed by atoms with Crippen LogP contribution in [-0.2, 0) is 19.1 Å². The molecule has 1 atom stereocenters. The standard InChI is InChI=1S/C27H22O5/c1-26(2)14-19-13-22-20(25(30)32-27(22,3)24(29)21(19)15-31-26)10-11-23(28)18-9-8-16-6-4-5-7-17(16)12-18/h4-13,15H,14H2,1-3H3/b11-10+. The van der Waals surface area contributed by atoms with Gasteiger partial charge in [-0.1, -0.05) is 36.4 Å². The van der Waals surface area contributed by atoms with Crippen molar-refractivity contribution in [3.05, 3.63) is 94.8 Å². The van der Waals surface area contributed by atoms with Crippen LogP contribution >= 0.6 is 0 Å². The second kappa shape index (κ2) is 6.89. The highest BCUT2D eigenvalue weighted by Crippen LogP contribution is 2.46. The Balaban J connectivity index is 1.53. The number of allylic oxidation sites excluding steroid dienone is 1. The topological polar surface area (TPSA) is 69.7 Å². The molecule has 5 heteroatoms. The lowest BCUT2D eigenvalue weighted by atomic mass is 9.74. The van der Waals surface area contributed by atoms with E-state index in [-0.39, 0.29) is 17.1 Å². The van der Waals surface area contributed by atoms with Gasteiger partial charge in [0, 0.05) is 17.6 Å². The highest BCUT2D eigenvalue weighted by molar-refractivity contribution is 6.15. The minimum absolute atomic E-state index is 0.228. The summed E-state index contributed by atoms with van der Waals surface area (Å²) < 4.78 is 11.2. The van der Waals surface area contributed by atoms with E-state index in [0.29, 0.717) is 23.1 Å². The summed E-state index contributed by atoms with van der Waals surface area (Å²) in [5, 5.41) is 2.01. The van der Waals surface area contributed by atoms with E-state index in [1.807, 2.05) is 56.3 Å². The van der Waals surface area contributed by atoms with Crippen molar-refractivity contribution in [3.63, 3.8) is 0 Å². The Labute approximate surface area is 185 Å². The normalized spacial score (nSPS) is 24.0. The van der Waals surface area contributed by atoms with Crippen molar-refractivity contribution in [2.75, 3.05) is 0 Å². The SMILES string of the molecule is CC1(C)CC2=CC3=C(/C=C/C(=O)c4ccc5ccccc5c4)C(=O)OC3(C)C(=O)C2=CO1. The lowest BCUT2D eigenvalue weighted by molar-refractivity contribution is -0.152. The molecule has 2 aromatic carbocycles. The van der Waals surface area contributed by atoms with E-state index in [1.54, 1.807) is 13.0 Å². The van der Waals surface area contributed by atoms with Crippen LogP contribution in [0.1, 0.15) is 37.6 Å². The number of benzene rings is 2. The third kappa shape index (κ3) is 3.12. The Bertz CT molecular complexity index is 1330. The van der Waals surface area contributed by atoms with Gasteiger partial charge >= 0.3 is 5.97 Å². The Morgan fingerprint density at radius 3 is 2.56 bits per heavy atom. The molecule has 0 saturated heterocycles. The van der Waals surface area contributed by atoms with E-state index < -0.39 is 17.2 Å². The molecule has 2 aliphatic heterocycles. The molecule has 0 N–H and O–H groups in total. The van der Waals surface area contributed by atoms with Crippen LogP contribution in [0.4, 0.5) is 0 Å². The molecule has 0 fully saturated rings. The molecule has 0 spiro atoms. The third-order valence-electron chi connectivity index (χ3n) is 6.21. The molecule has 1 aliphatic carbocycles. The van der Waals surface area contributed by atoms with Gasteiger partial charge in [0.25, 0.3) is 0 Å². The lowest BCUT2D eigenvalue weighted by Crippen LogP contribution is -2.43. The molecular weight excluding hydrogens is 404 g/mol. The number of fused-ring (bicyclic) bond motifs is 3. The number of ketones is 2. The molecular formula is C27H22O5. The molecule has 2 heterocycles. The van der Waals surface area contributed by atoms with Crippen LogP contribution in [0.5, 0.6) is 0 Å². The highest BCUT2D eigenvalue weighted by atomic mass is 16.6. The average molecular weight is 426 g/mol. The van der Waals surface area contributed by atoms with Gasteiger partial charge in [-0.3, -0.25) is 9.59 Å². The Hall–Kier alpha value is -3.73. The van der Waals surface area contributed by atoms with Crippen molar-refractivity contribution >= 4 is 28.3 Å². The summed E-state index contributed by atoms with van der Waals surface area (Å²) in [6.45, 7) is 5.46. The molecule has 0 amide bonds. The summed E-state index contributed by atoms with van der Waals surface area (Å²) in [6, 6.07) is 13.3. The predicted molar refractivity (Wildman–Crippen MR) is 120 cm³/mol. The van der Waals surface area contributed by atoms with Crippen LogP contribution in [0.25, 0.3) is 10.8 Å². The number of carbonyl (C=O) groups is 3. The van der Waals surface area contributed by atoms with Gasteiger partial charge in [-0.05, 0) is 61.4 Å². The number of esters is 1. The van der Waals surface area contributed by atoms with Gasteiger partial charge in [-0.2, -0.15) is 0 Å². The van der Waals surface area contributed by atoms with Gasteiger partial charge in [0.1, 0.15) is 5.60 Å². The van der Waals surface area contributed by atoms with Crippen molar-refractivity contribution in [3.8, 4) is 0 Å². The van der Waals surface area contributed by atoms with E-state index in [2.05, 4.69) is 0 Å². The zero-order chi connectivity index (χ0) is 22.7. The van der Waals surface area contributed by atoms with Gasteiger partial charge in [0.05, 0.1) is 17.4 Å². The monoisotopic (exact) mass is 426 g/mol. The van der Waals surface area contributed by atoms with Crippen LogP contribution in [-0.4, -0.2) is 28.7 Å². The van der Waals surface area contributed by atoms with Crippen molar-refractivity contribution < 1.29 is 23.9 Å². The number of ether oxygens (including phenoxy) is 2. The smallest absolute Gasteiger partial charge is 0.339 e. The molecule has 5 nitrogen and oxygen atoms in total. The summed E-state index contributed by atoms with van der Waals surface area (Å²) in [5.74, 6) is -1.15. The Morgan fingerprint density at radius 2 is 1.78 bits per heavy atom. The first-order valence-electron chi connectivity index (χ1n) is 10.5. The van der Waals surface area contributed by atoms with Gasteiger partial charge in [0.2, 0.25) is 5.78 Å². The predicted octanol–water partition coefficient (Wildman–Crippen LogP) is 4.78. The first-order valence-corrected chi connectivity index (χ1v) is 10.5. The minimum atomic E-state index is -1.41. The fourth-order valence-corrected chi connectivity index (χ4v) is 4.45. The maximum Gasteiger partial charge on any atom is 0.339 e. The van der Waals surface area contributed by atoms with Crippen LogP contribution in [0.3, 0.4) is 0 Å². The first kappa shape index (κ1) is 20.2. The van der Waals surface area contributed by atoms with Crippen LogP contribution in [0, 0.1) is 0 Å². The largest absolute Gasteiger partial charge is 0.494 e. The molecule has 0 aromatic heterocycles. The van der Waals surface area contributed by atoms with Crippen LogP contribution in [0.2, 0.25) is 0 Å². The van der Waals surface area contributed by atoms with Crippen molar-refractivity contribution in [2.24, 2.45) is 0 Å². The highest BCUT2D eigenvalue weighted by Gasteiger charge is 2.53. The van der Waals surface area contributed by atoms with Gasteiger partial charge in [-0.15, -0.1) is 0 Å². The number of hydrogen-bond donors (Lipinski definition) is 0. The summed E-state index contributed by atoms with van der Waals surface area (Å²) in [6.07, 6.45) is 6.66. The summed E-state index contributed by atoms with van der Waals surface area (Å²) in [7, 11) is 0. The molecule has 32 heavy (non-hydrogen) atoms. The zero-order valence-corrected chi connectivity index (χ0v) is 18.1. The van der Waals surface area contributed by atoms with E-state index in [9.17, 15) is 14.4 Å². The maximum absolute atomic E-state index is 13.2. The Kier molecular flexibility index (Phi) is 4.35. The second-order valence-electron chi connectivity index (χ2n) is 9.09. The molecule has 2 aromatic rings. The van der Waals surface area contributed by atoms with E-state index in [4.69, 9.17) is 9.47 Å². The fourth-order valence-electron chi connectivity index (χ4n) is 4.45. The number of hydrogen-bond acceptors (Lipinski definition) is 5. The molecule has 0 saturated carbocycles. The van der Waals surface area contributed by atoms with Crippen molar-refractivity contribution in [1.29, 1.82) is 0 Å². The number of Topliss-reactive ketones (excluding diaryl/α,β-unsaturated/α-hetero) is 1. The molecule has 160 valence electrons. The van der Waals surface area contributed by atoms with E-state index in [0.717, 1.165) is 16.3 Å². The lowest BCUT2D eigenvalue weighted by Gasteiger charge is -2.37. The minimum Gasteiger partial charge on any atom is -0.494 e. The number of rotatable bonds is 3. The molecule has 0 bridgehead atoms. The van der Waals surface area contributed by atoms with Crippen molar-refractivity contribution in [2.45, 2.75) is 38.4 Å². The zero-order valence-electron chi connectivity index (χ0n) is 18.1. The van der Waals surface area contributed by atoms with E-state index >= 15 is 0 Å². The molecule has 5 rings (SSSR count). The average Bonchev–Trinajstić information content (AvgIpc) is 3.01. The van der Waals surface area contributed by atoms with Crippen LogP contribution < -0.4 is 0 Å². The molecule has 0 radical (unpaired) electrons.